The summed E-state index contributed by atoms with van der Waals surface area (Å²) >= 11 is 0. The maximum Gasteiger partial charge on any atom is 0.508 e. The number of imidazole rings is 1. The SMILES string of the molecule is CCOC(=O)OC1(C2CCCC2)CCN(C(=O)C(Cc2ccc(OC)cc2)NC(=O)NCCc2cnc[nH]2)CC1. The third-order valence-electron chi connectivity index (χ3n) is 8.01. The highest BCUT2D eigenvalue weighted by Crippen LogP contribution is 2.43. The summed E-state index contributed by atoms with van der Waals surface area (Å²) in [7, 11) is 1.60. The van der Waals surface area contributed by atoms with Gasteiger partial charge in [-0.05, 0) is 43.4 Å². The average molecular weight is 556 g/mol. The molecule has 11 nitrogen and oxygen atoms in total. The Bertz CT molecular complexity index is 1090. The average Bonchev–Trinajstić information content (AvgIpc) is 3.69. The van der Waals surface area contributed by atoms with Crippen molar-refractivity contribution in [3.8, 4) is 5.75 Å². The quantitative estimate of drug-likeness (QED) is 0.361. The number of urea groups is 1. The number of likely N-dealkylation sites (tertiary alicyclic amines) is 1. The Balaban J connectivity index is 1.42. The number of carbonyl (C=O) groups excluding carboxylic acids is 3. The third-order valence-corrected chi connectivity index (χ3v) is 8.01. The van der Waals surface area contributed by atoms with Crippen molar-refractivity contribution in [2.45, 2.75) is 69.9 Å². The molecule has 0 spiro atoms. The van der Waals surface area contributed by atoms with E-state index in [1.165, 1.54) is 0 Å². The van der Waals surface area contributed by atoms with Crippen molar-refractivity contribution < 1.29 is 28.6 Å². The minimum absolute atomic E-state index is 0.157. The third kappa shape index (κ3) is 7.67. The van der Waals surface area contributed by atoms with E-state index in [1.807, 2.05) is 24.3 Å². The first-order chi connectivity index (χ1) is 19.4. The van der Waals surface area contributed by atoms with E-state index in [-0.39, 0.29) is 18.4 Å². The number of carbonyl (C=O) groups is 3. The molecular weight excluding hydrogens is 514 g/mol. The van der Waals surface area contributed by atoms with Gasteiger partial charge in [0.15, 0.2) is 0 Å². The summed E-state index contributed by atoms with van der Waals surface area (Å²) in [4.78, 5) is 47.7. The number of aromatic amines is 1. The lowest BCUT2D eigenvalue weighted by molar-refractivity contribution is -0.141. The lowest BCUT2D eigenvalue weighted by Crippen LogP contribution is -2.57. The first-order valence-corrected chi connectivity index (χ1v) is 14.2. The molecule has 0 radical (unpaired) electrons. The van der Waals surface area contributed by atoms with E-state index in [1.54, 1.807) is 31.5 Å². The van der Waals surface area contributed by atoms with Crippen LogP contribution in [0, 0.1) is 5.92 Å². The largest absolute Gasteiger partial charge is 0.508 e. The number of benzene rings is 1. The highest BCUT2D eigenvalue weighted by Gasteiger charge is 2.47. The molecule has 2 aliphatic rings. The van der Waals surface area contributed by atoms with Gasteiger partial charge in [0.05, 0.1) is 20.0 Å². The number of piperidine rings is 1. The molecule has 0 bridgehead atoms. The van der Waals surface area contributed by atoms with Gasteiger partial charge >= 0.3 is 12.2 Å². The molecule has 4 rings (SSSR count). The molecule has 1 aliphatic heterocycles. The van der Waals surface area contributed by atoms with Gasteiger partial charge in [-0.25, -0.2) is 14.6 Å². The van der Waals surface area contributed by atoms with Crippen LogP contribution >= 0.6 is 0 Å². The molecule has 2 heterocycles. The molecule has 1 atom stereocenters. The minimum atomic E-state index is -0.759. The fourth-order valence-corrected chi connectivity index (χ4v) is 5.82. The van der Waals surface area contributed by atoms with Crippen LogP contribution in [0.2, 0.25) is 0 Å². The molecule has 3 amide bonds. The molecule has 3 N–H and O–H groups in total. The van der Waals surface area contributed by atoms with Crippen LogP contribution in [0.25, 0.3) is 0 Å². The van der Waals surface area contributed by atoms with Crippen molar-refractivity contribution in [3.63, 3.8) is 0 Å². The fraction of sp³-hybridized carbons (Fsp3) is 0.586. The fourth-order valence-electron chi connectivity index (χ4n) is 5.82. The highest BCUT2D eigenvalue weighted by molar-refractivity contribution is 5.87. The van der Waals surface area contributed by atoms with Crippen LogP contribution in [0.5, 0.6) is 5.75 Å². The molecule has 218 valence electrons. The van der Waals surface area contributed by atoms with Crippen LogP contribution < -0.4 is 15.4 Å². The van der Waals surface area contributed by atoms with Gasteiger partial charge in [0.1, 0.15) is 17.4 Å². The molecule has 40 heavy (non-hydrogen) atoms. The van der Waals surface area contributed by atoms with Crippen molar-refractivity contribution in [3.05, 3.63) is 48.0 Å². The zero-order chi connectivity index (χ0) is 28.4. The molecule has 1 saturated carbocycles. The van der Waals surface area contributed by atoms with Crippen molar-refractivity contribution >= 4 is 18.1 Å². The predicted octanol–water partition coefficient (Wildman–Crippen LogP) is 3.60. The van der Waals surface area contributed by atoms with Gasteiger partial charge in [0.2, 0.25) is 5.91 Å². The molecule has 11 heteroatoms. The first kappa shape index (κ1) is 29.2. The van der Waals surface area contributed by atoms with Crippen molar-refractivity contribution in [2.75, 3.05) is 33.4 Å². The number of nitrogens with zero attached hydrogens (tertiary/aromatic N) is 2. The lowest BCUT2D eigenvalue weighted by Gasteiger charge is -2.45. The van der Waals surface area contributed by atoms with Crippen molar-refractivity contribution in [1.82, 2.24) is 25.5 Å². The molecule has 2 aromatic rings. The molecular formula is C29H41N5O6. The van der Waals surface area contributed by atoms with E-state index >= 15 is 0 Å². The molecule has 1 aromatic carbocycles. The van der Waals surface area contributed by atoms with Crippen LogP contribution in [0.4, 0.5) is 9.59 Å². The van der Waals surface area contributed by atoms with Gasteiger partial charge in [-0.2, -0.15) is 0 Å². The second-order valence-corrected chi connectivity index (χ2v) is 10.5. The number of H-pyrrole nitrogens is 1. The predicted molar refractivity (Wildman–Crippen MR) is 148 cm³/mol. The maximum atomic E-state index is 13.8. The van der Waals surface area contributed by atoms with E-state index in [9.17, 15) is 14.4 Å². The van der Waals surface area contributed by atoms with E-state index in [0.717, 1.165) is 42.7 Å². The van der Waals surface area contributed by atoms with Crippen LogP contribution in [0.1, 0.15) is 56.7 Å². The van der Waals surface area contributed by atoms with Gasteiger partial charge < -0.3 is 34.7 Å². The summed E-state index contributed by atoms with van der Waals surface area (Å²) in [6.45, 7) is 3.30. The molecule has 2 fully saturated rings. The Morgan fingerprint density at radius 3 is 2.50 bits per heavy atom. The van der Waals surface area contributed by atoms with Gasteiger partial charge in [0.25, 0.3) is 0 Å². The van der Waals surface area contributed by atoms with E-state index < -0.39 is 23.8 Å². The van der Waals surface area contributed by atoms with Crippen LogP contribution in [0.15, 0.2) is 36.8 Å². The number of aromatic nitrogens is 2. The van der Waals surface area contributed by atoms with E-state index in [4.69, 9.17) is 14.2 Å². The summed E-state index contributed by atoms with van der Waals surface area (Å²) in [6, 6.07) is 6.30. The monoisotopic (exact) mass is 555 g/mol. The standard InChI is InChI=1S/C29H41N5O6/c1-3-39-28(37)40-29(22-6-4-5-7-22)13-16-34(17-14-29)26(35)25(18-21-8-10-24(38-2)11-9-21)33-27(36)31-15-12-23-19-30-20-32-23/h8-11,19-20,22,25H,3-7,12-18H2,1-2H3,(H,30,32)(H2,31,33,36). The molecule has 1 aliphatic carbocycles. The summed E-state index contributed by atoms with van der Waals surface area (Å²) < 4.78 is 16.3. The number of methoxy groups -OCH3 is 1. The van der Waals surface area contributed by atoms with Gasteiger partial charge in [-0.1, -0.05) is 25.0 Å². The Labute approximate surface area is 235 Å². The molecule has 1 saturated heterocycles. The smallest absolute Gasteiger partial charge is 0.497 e. The van der Waals surface area contributed by atoms with Crippen LogP contribution in [-0.2, 0) is 27.1 Å². The first-order valence-electron chi connectivity index (χ1n) is 14.2. The number of amides is 3. The van der Waals surface area contributed by atoms with E-state index in [2.05, 4.69) is 20.6 Å². The minimum Gasteiger partial charge on any atom is -0.497 e. The second-order valence-electron chi connectivity index (χ2n) is 10.5. The Morgan fingerprint density at radius 2 is 1.88 bits per heavy atom. The number of rotatable bonds is 11. The zero-order valence-corrected chi connectivity index (χ0v) is 23.4. The Morgan fingerprint density at radius 1 is 1.15 bits per heavy atom. The zero-order valence-electron chi connectivity index (χ0n) is 23.4. The van der Waals surface area contributed by atoms with E-state index in [0.29, 0.717) is 45.3 Å². The topological polar surface area (TPSA) is 135 Å². The van der Waals surface area contributed by atoms with Gasteiger partial charge in [0, 0.05) is 57.2 Å². The number of hydrogen-bond donors (Lipinski definition) is 3. The van der Waals surface area contributed by atoms with Gasteiger partial charge in [-0.3, -0.25) is 4.79 Å². The lowest BCUT2D eigenvalue weighted by atomic mass is 9.78. The Hall–Kier alpha value is -3.76. The molecule has 1 aromatic heterocycles. The number of ether oxygens (including phenoxy) is 3. The summed E-state index contributed by atoms with van der Waals surface area (Å²) in [5, 5.41) is 5.73. The maximum absolute atomic E-state index is 13.8. The summed E-state index contributed by atoms with van der Waals surface area (Å²) in [5.74, 6) is 0.829. The normalized spacial score (nSPS) is 17.6. The highest BCUT2D eigenvalue weighted by atomic mass is 16.7. The number of hydrogen-bond acceptors (Lipinski definition) is 7. The summed E-state index contributed by atoms with van der Waals surface area (Å²) in [6.07, 6.45) is 8.94. The van der Waals surface area contributed by atoms with Crippen molar-refractivity contribution in [2.24, 2.45) is 5.92 Å². The molecule has 1 unspecified atom stereocenters. The van der Waals surface area contributed by atoms with Crippen molar-refractivity contribution in [1.29, 1.82) is 0 Å². The van der Waals surface area contributed by atoms with Crippen LogP contribution in [0.3, 0.4) is 0 Å². The summed E-state index contributed by atoms with van der Waals surface area (Å²) in [5.41, 5.74) is 1.19. The van der Waals surface area contributed by atoms with Gasteiger partial charge in [-0.15, -0.1) is 0 Å². The Kier molecular flexibility index (Phi) is 10.3. The van der Waals surface area contributed by atoms with Crippen LogP contribution in [-0.4, -0.2) is 78.0 Å². The second kappa shape index (κ2) is 14.0. The number of nitrogens with one attached hydrogen (secondary N) is 3.